The van der Waals surface area contributed by atoms with Gasteiger partial charge in [-0.1, -0.05) is 37.3 Å². The van der Waals surface area contributed by atoms with Crippen molar-refractivity contribution in [3.05, 3.63) is 42.5 Å². The van der Waals surface area contributed by atoms with E-state index in [4.69, 9.17) is 0 Å². The maximum atomic E-state index is 12.2. The fourth-order valence-corrected chi connectivity index (χ4v) is 3.10. The summed E-state index contributed by atoms with van der Waals surface area (Å²) < 4.78 is 0. The Hall–Kier alpha value is -1.87. The molecule has 3 rings (SSSR count). The number of carbonyl (C=O) groups excluding carboxylic acids is 1. The van der Waals surface area contributed by atoms with Crippen LogP contribution in [0.15, 0.2) is 42.5 Å². The summed E-state index contributed by atoms with van der Waals surface area (Å²) in [5.74, 6) is 0.784. The number of anilines is 1. The van der Waals surface area contributed by atoms with E-state index in [1.165, 1.54) is 18.2 Å². The minimum atomic E-state index is 0.0828. The van der Waals surface area contributed by atoms with Crippen LogP contribution in [0.1, 0.15) is 19.8 Å². The number of fused-ring (bicyclic) bond motifs is 1. The van der Waals surface area contributed by atoms with Crippen molar-refractivity contribution in [1.82, 2.24) is 4.90 Å². The normalized spacial score (nSPS) is 19.6. The summed E-state index contributed by atoms with van der Waals surface area (Å²) in [4.78, 5) is 14.4. The summed E-state index contributed by atoms with van der Waals surface area (Å²) in [6.45, 7) is 4.82. The molecule has 1 heterocycles. The Morgan fingerprint density at radius 3 is 2.86 bits per heavy atom. The van der Waals surface area contributed by atoms with Crippen LogP contribution < -0.4 is 5.32 Å². The summed E-state index contributed by atoms with van der Waals surface area (Å²) in [5.41, 5.74) is 0.878. The lowest BCUT2D eigenvalue weighted by Gasteiger charge is -2.30. The summed E-state index contributed by atoms with van der Waals surface area (Å²) in [6, 6.07) is 14.2. The average molecular weight is 282 g/mol. The molecule has 0 unspecified atom stereocenters. The molecular weight excluding hydrogens is 260 g/mol. The van der Waals surface area contributed by atoms with Gasteiger partial charge in [-0.2, -0.15) is 0 Å². The van der Waals surface area contributed by atoms with Crippen molar-refractivity contribution in [1.29, 1.82) is 0 Å². The predicted molar refractivity (Wildman–Crippen MR) is 87.4 cm³/mol. The molecule has 3 nitrogen and oxygen atoms in total. The van der Waals surface area contributed by atoms with E-state index >= 15 is 0 Å². The number of likely N-dealkylation sites (tertiary alicyclic amines) is 1. The summed E-state index contributed by atoms with van der Waals surface area (Å²) >= 11 is 0. The van der Waals surface area contributed by atoms with Crippen molar-refractivity contribution in [2.75, 3.05) is 25.0 Å². The zero-order chi connectivity index (χ0) is 14.7. The van der Waals surface area contributed by atoms with E-state index in [0.29, 0.717) is 12.5 Å². The van der Waals surface area contributed by atoms with Crippen molar-refractivity contribution in [3.63, 3.8) is 0 Å². The van der Waals surface area contributed by atoms with Gasteiger partial charge in [-0.3, -0.25) is 9.69 Å². The second-order valence-corrected chi connectivity index (χ2v) is 6.09. The second-order valence-electron chi connectivity index (χ2n) is 6.09. The topological polar surface area (TPSA) is 32.3 Å². The van der Waals surface area contributed by atoms with Crippen LogP contribution in [0.25, 0.3) is 10.8 Å². The Balaban J connectivity index is 1.63. The number of nitrogens with one attached hydrogen (secondary N) is 1. The van der Waals surface area contributed by atoms with Gasteiger partial charge in [-0.15, -0.1) is 0 Å². The standard InChI is InChI=1S/C18H22N2O/c1-14-5-4-10-20(12-14)13-18(21)19-17-9-8-15-6-2-3-7-16(15)11-17/h2-3,6-9,11,14H,4-5,10,12-13H2,1H3,(H,19,21)/t14-/m1/s1. The van der Waals surface area contributed by atoms with E-state index < -0.39 is 0 Å². The van der Waals surface area contributed by atoms with Gasteiger partial charge < -0.3 is 5.32 Å². The van der Waals surface area contributed by atoms with Gasteiger partial charge in [0.05, 0.1) is 6.54 Å². The number of benzene rings is 2. The van der Waals surface area contributed by atoms with Gasteiger partial charge in [-0.25, -0.2) is 0 Å². The monoisotopic (exact) mass is 282 g/mol. The van der Waals surface area contributed by atoms with Crippen LogP contribution >= 0.6 is 0 Å². The lowest BCUT2D eigenvalue weighted by Crippen LogP contribution is -2.39. The van der Waals surface area contributed by atoms with Crippen LogP contribution in [0, 0.1) is 5.92 Å². The lowest BCUT2D eigenvalue weighted by molar-refractivity contribution is -0.117. The molecule has 0 aromatic heterocycles. The van der Waals surface area contributed by atoms with Gasteiger partial charge in [-0.05, 0) is 48.2 Å². The summed E-state index contributed by atoms with van der Waals surface area (Å²) in [7, 11) is 0. The molecule has 1 atom stereocenters. The Labute approximate surface area is 125 Å². The van der Waals surface area contributed by atoms with Crippen molar-refractivity contribution in [2.45, 2.75) is 19.8 Å². The molecule has 0 radical (unpaired) electrons. The highest BCUT2D eigenvalue weighted by atomic mass is 16.2. The molecule has 0 bridgehead atoms. The fraction of sp³-hybridized carbons (Fsp3) is 0.389. The molecule has 2 aromatic carbocycles. The molecule has 21 heavy (non-hydrogen) atoms. The van der Waals surface area contributed by atoms with E-state index in [1.54, 1.807) is 0 Å². The molecule has 2 aromatic rings. The number of hydrogen-bond donors (Lipinski definition) is 1. The Morgan fingerprint density at radius 2 is 2.05 bits per heavy atom. The molecule has 1 fully saturated rings. The van der Waals surface area contributed by atoms with Crippen molar-refractivity contribution in [2.24, 2.45) is 5.92 Å². The third-order valence-electron chi connectivity index (χ3n) is 4.14. The molecule has 1 amide bonds. The first-order chi connectivity index (χ1) is 10.2. The minimum Gasteiger partial charge on any atom is -0.325 e. The van der Waals surface area contributed by atoms with Crippen molar-refractivity contribution >= 4 is 22.4 Å². The molecule has 1 saturated heterocycles. The lowest BCUT2D eigenvalue weighted by atomic mass is 10.0. The third kappa shape index (κ3) is 3.61. The largest absolute Gasteiger partial charge is 0.325 e. The molecule has 1 N–H and O–H groups in total. The highest BCUT2D eigenvalue weighted by molar-refractivity contribution is 5.95. The van der Waals surface area contributed by atoms with Crippen LogP contribution in [-0.4, -0.2) is 30.4 Å². The smallest absolute Gasteiger partial charge is 0.238 e. The van der Waals surface area contributed by atoms with Gasteiger partial charge in [0, 0.05) is 12.2 Å². The van der Waals surface area contributed by atoms with Gasteiger partial charge in [0.25, 0.3) is 0 Å². The van der Waals surface area contributed by atoms with Crippen molar-refractivity contribution in [3.8, 4) is 0 Å². The Morgan fingerprint density at radius 1 is 1.24 bits per heavy atom. The SMILES string of the molecule is C[C@@H]1CCCN(CC(=O)Nc2ccc3ccccc3c2)C1. The first-order valence-electron chi connectivity index (χ1n) is 7.72. The minimum absolute atomic E-state index is 0.0828. The molecular formula is C18H22N2O. The fourth-order valence-electron chi connectivity index (χ4n) is 3.10. The molecule has 1 aliphatic heterocycles. The first-order valence-corrected chi connectivity index (χ1v) is 7.72. The average Bonchev–Trinajstić information content (AvgIpc) is 2.47. The molecule has 3 heteroatoms. The van der Waals surface area contributed by atoms with Gasteiger partial charge >= 0.3 is 0 Å². The highest BCUT2D eigenvalue weighted by Crippen LogP contribution is 2.19. The third-order valence-corrected chi connectivity index (χ3v) is 4.14. The maximum absolute atomic E-state index is 12.2. The number of carbonyl (C=O) groups is 1. The quantitative estimate of drug-likeness (QED) is 0.934. The van der Waals surface area contributed by atoms with E-state index in [9.17, 15) is 4.79 Å². The zero-order valence-electron chi connectivity index (χ0n) is 12.5. The van der Waals surface area contributed by atoms with Crippen LogP contribution in [0.4, 0.5) is 5.69 Å². The van der Waals surface area contributed by atoms with Crippen molar-refractivity contribution < 1.29 is 4.79 Å². The van der Waals surface area contributed by atoms with E-state index in [0.717, 1.165) is 24.2 Å². The predicted octanol–water partition coefficient (Wildman–Crippen LogP) is 3.51. The van der Waals surface area contributed by atoms with E-state index in [-0.39, 0.29) is 5.91 Å². The van der Waals surface area contributed by atoms with Crippen LogP contribution in [0.2, 0.25) is 0 Å². The zero-order valence-corrected chi connectivity index (χ0v) is 12.5. The van der Waals surface area contributed by atoms with E-state index in [2.05, 4.69) is 29.3 Å². The number of rotatable bonds is 3. The summed E-state index contributed by atoms with van der Waals surface area (Å²) in [6.07, 6.45) is 2.48. The van der Waals surface area contributed by atoms with Crippen LogP contribution in [0.5, 0.6) is 0 Å². The first kappa shape index (κ1) is 14.1. The summed E-state index contributed by atoms with van der Waals surface area (Å²) in [5, 5.41) is 5.36. The number of nitrogens with zero attached hydrogens (tertiary/aromatic N) is 1. The molecule has 0 aliphatic carbocycles. The highest BCUT2D eigenvalue weighted by Gasteiger charge is 2.18. The second kappa shape index (κ2) is 6.27. The Kier molecular flexibility index (Phi) is 4.20. The van der Waals surface area contributed by atoms with Crippen LogP contribution in [-0.2, 0) is 4.79 Å². The molecule has 0 saturated carbocycles. The number of hydrogen-bond acceptors (Lipinski definition) is 2. The number of piperidine rings is 1. The van der Waals surface area contributed by atoms with Gasteiger partial charge in [0.15, 0.2) is 0 Å². The van der Waals surface area contributed by atoms with Gasteiger partial charge in [0.1, 0.15) is 0 Å². The van der Waals surface area contributed by atoms with Gasteiger partial charge in [0.2, 0.25) is 5.91 Å². The maximum Gasteiger partial charge on any atom is 0.238 e. The van der Waals surface area contributed by atoms with E-state index in [1.807, 2.05) is 30.3 Å². The van der Waals surface area contributed by atoms with Crippen LogP contribution in [0.3, 0.4) is 0 Å². The molecule has 0 spiro atoms. The Bertz CT molecular complexity index is 638. The molecule has 1 aliphatic rings. The molecule has 110 valence electrons. The number of amides is 1.